The second kappa shape index (κ2) is 8.47. The van der Waals surface area contributed by atoms with Gasteiger partial charge in [-0.25, -0.2) is 4.98 Å². The van der Waals surface area contributed by atoms with E-state index in [1.165, 1.54) is 5.56 Å². The summed E-state index contributed by atoms with van der Waals surface area (Å²) in [5.74, 6) is 2.79. The molecule has 1 heterocycles. The van der Waals surface area contributed by atoms with Gasteiger partial charge >= 0.3 is 0 Å². The summed E-state index contributed by atoms with van der Waals surface area (Å²) in [6.07, 6.45) is 0. The fourth-order valence-electron chi connectivity index (χ4n) is 2.76. The summed E-state index contributed by atoms with van der Waals surface area (Å²) in [5.41, 5.74) is 3.72. The van der Waals surface area contributed by atoms with Crippen LogP contribution in [0.1, 0.15) is 11.3 Å². The van der Waals surface area contributed by atoms with E-state index in [0.29, 0.717) is 29.0 Å². The average molecular weight is 380 g/mol. The molecule has 2 aromatic carbocycles. The number of ether oxygens (including phenoxy) is 3. The standard InChI is InChI=1S/C21H24N4O3/c1-13-6-8-15(9-7-13)23-19-10-14(2)22-21(25-19)24-16-11-17(26-3)20(28-5)18(12-16)27-4/h6-12H,1-5H3,(H2,22,23,24,25). The average Bonchev–Trinajstić information content (AvgIpc) is 2.68. The molecule has 3 aromatic rings. The third-order valence-electron chi connectivity index (χ3n) is 4.10. The monoisotopic (exact) mass is 380 g/mol. The van der Waals surface area contributed by atoms with Crippen molar-refractivity contribution in [1.82, 2.24) is 9.97 Å². The number of methoxy groups -OCH3 is 3. The third-order valence-corrected chi connectivity index (χ3v) is 4.10. The van der Waals surface area contributed by atoms with Crippen LogP contribution < -0.4 is 24.8 Å². The highest BCUT2D eigenvalue weighted by Gasteiger charge is 2.14. The van der Waals surface area contributed by atoms with E-state index in [9.17, 15) is 0 Å². The summed E-state index contributed by atoms with van der Waals surface area (Å²) in [7, 11) is 4.72. The SMILES string of the molecule is COc1cc(Nc2nc(C)cc(Nc3ccc(C)cc3)n2)cc(OC)c1OC. The van der Waals surface area contributed by atoms with Crippen molar-refractivity contribution in [3.05, 3.63) is 53.7 Å². The van der Waals surface area contributed by atoms with Crippen LogP contribution in [0.4, 0.5) is 23.1 Å². The lowest BCUT2D eigenvalue weighted by Crippen LogP contribution is -2.03. The maximum atomic E-state index is 5.40. The van der Waals surface area contributed by atoms with Gasteiger partial charge in [0.25, 0.3) is 0 Å². The Kier molecular flexibility index (Phi) is 5.84. The van der Waals surface area contributed by atoms with Gasteiger partial charge in [-0.2, -0.15) is 4.98 Å². The van der Waals surface area contributed by atoms with E-state index in [0.717, 1.165) is 17.1 Å². The van der Waals surface area contributed by atoms with Gasteiger partial charge in [-0.3, -0.25) is 0 Å². The van der Waals surface area contributed by atoms with Gasteiger partial charge < -0.3 is 24.8 Å². The highest BCUT2D eigenvalue weighted by atomic mass is 16.5. The molecular weight excluding hydrogens is 356 g/mol. The van der Waals surface area contributed by atoms with Crippen molar-refractivity contribution in [2.75, 3.05) is 32.0 Å². The number of benzene rings is 2. The van der Waals surface area contributed by atoms with Crippen LogP contribution in [0.15, 0.2) is 42.5 Å². The van der Waals surface area contributed by atoms with Crippen molar-refractivity contribution in [2.45, 2.75) is 13.8 Å². The molecule has 1 aromatic heterocycles. The third kappa shape index (κ3) is 4.43. The largest absolute Gasteiger partial charge is 0.493 e. The smallest absolute Gasteiger partial charge is 0.229 e. The predicted molar refractivity (Wildman–Crippen MR) is 111 cm³/mol. The minimum absolute atomic E-state index is 0.462. The first kappa shape index (κ1) is 19.3. The molecule has 0 aliphatic rings. The summed E-state index contributed by atoms with van der Waals surface area (Å²) < 4.78 is 16.1. The van der Waals surface area contributed by atoms with Crippen LogP contribution in [-0.2, 0) is 0 Å². The first-order valence-electron chi connectivity index (χ1n) is 8.78. The van der Waals surface area contributed by atoms with Crippen molar-refractivity contribution < 1.29 is 14.2 Å². The van der Waals surface area contributed by atoms with E-state index in [2.05, 4.69) is 27.5 Å². The molecule has 28 heavy (non-hydrogen) atoms. The molecule has 7 nitrogen and oxygen atoms in total. The molecule has 0 unspecified atom stereocenters. The number of hydrogen-bond donors (Lipinski definition) is 2. The van der Waals surface area contributed by atoms with Crippen molar-refractivity contribution in [3.8, 4) is 17.2 Å². The zero-order valence-corrected chi connectivity index (χ0v) is 16.7. The van der Waals surface area contributed by atoms with Gasteiger partial charge in [0.15, 0.2) is 11.5 Å². The zero-order chi connectivity index (χ0) is 20.1. The normalized spacial score (nSPS) is 10.3. The van der Waals surface area contributed by atoms with Crippen LogP contribution in [0.5, 0.6) is 17.2 Å². The summed E-state index contributed by atoms with van der Waals surface area (Å²) in [6.45, 7) is 3.97. The molecule has 0 bridgehead atoms. The van der Waals surface area contributed by atoms with Gasteiger partial charge in [0.05, 0.1) is 21.3 Å². The molecule has 0 spiro atoms. The molecular formula is C21H24N4O3. The van der Waals surface area contributed by atoms with Crippen molar-refractivity contribution in [3.63, 3.8) is 0 Å². The molecule has 0 aliphatic carbocycles. The van der Waals surface area contributed by atoms with Crippen LogP contribution in [-0.4, -0.2) is 31.3 Å². The lowest BCUT2D eigenvalue weighted by atomic mass is 10.2. The fraction of sp³-hybridized carbons (Fsp3) is 0.238. The Bertz CT molecular complexity index is 933. The Morgan fingerprint density at radius 2 is 1.36 bits per heavy atom. The molecule has 146 valence electrons. The molecule has 3 rings (SSSR count). The number of aromatic nitrogens is 2. The van der Waals surface area contributed by atoms with Gasteiger partial charge in [-0.1, -0.05) is 17.7 Å². The van der Waals surface area contributed by atoms with Crippen LogP contribution >= 0.6 is 0 Å². The zero-order valence-electron chi connectivity index (χ0n) is 16.7. The highest BCUT2D eigenvalue weighted by molar-refractivity contribution is 5.66. The number of hydrogen-bond acceptors (Lipinski definition) is 7. The summed E-state index contributed by atoms with van der Waals surface area (Å²) in [5, 5.41) is 6.50. The van der Waals surface area contributed by atoms with E-state index in [-0.39, 0.29) is 0 Å². The van der Waals surface area contributed by atoms with E-state index < -0.39 is 0 Å². The summed E-state index contributed by atoms with van der Waals surface area (Å²) in [6, 6.07) is 13.6. The van der Waals surface area contributed by atoms with Crippen molar-refractivity contribution in [2.24, 2.45) is 0 Å². The molecule has 0 amide bonds. The van der Waals surface area contributed by atoms with Crippen LogP contribution in [0.25, 0.3) is 0 Å². The van der Waals surface area contributed by atoms with Gasteiger partial charge in [-0.05, 0) is 26.0 Å². The molecule has 0 aliphatic heterocycles. The van der Waals surface area contributed by atoms with Crippen molar-refractivity contribution >= 4 is 23.1 Å². The minimum atomic E-state index is 0.462. The van der Waals surface area contributed by atoms with E-state index in [1.807, 2.05) is 37.3 Å². The Hall–Kier alpha value is -3.48. The molecule has 0 saturated carbocycles. The molecule has 0 atom stereocenters. The first-order chi connectivity index (χ1) is 13.5. The number of nitrogens with zero attached hydrogens (tertiary/aromatic N) is 2. The second-order valence-corrected chi connectivity index (χ2v) is 6.25. The van der Waals surface area contributed by atoms with E-state index in [4.69, 9.17) is 14.2 Å². The van der Waals surface area contributed by atoms with E-state index in [1.54, 1.807) is 33.5 Å². The Morgan fingerprint density at radius 3 is 1.93 bits per heavy atom. The first-order valence-corrected chi connectivity index (χ1v) is 8.78. The maximum absolute atomic E-state index is 5.40. The Morgan fingerprint density at radius 1 is 0.714 bits per heavy atom. The van der Waals surface area contributed by atoms with Gasteiger partial charge in [0, 0.05) is 35.3 Å². The minimum Gasteiger partial charge on any atom is -0.493 e. The van der Waals surface area contributed by atoms with E-state index >= 15 is 0 Å². The molecule has 7 heteroatoms. The van der Waals surface area contributed by atoms with Crippen LogP contribution in [0.3, 0.4) is 0 Å². The van der Waals surface area contributed by atoms with Crippen LogP contribution in [0.2, 0.25) is 0 Å². The van der Waals surface area contributed by atoms with Crippen LogP contribution in [0, 0.1) is 13.8 Å². The number of anilines is 4. The predicted octanol–water partition coefficient (Wildman–Crippen LogP) is 4.61. The quantitative estimate of drug-likeness (QED) is 0.620. The lowest BCUT2D eigenvalue weighted by Gasteiger charge is -2.15. The Balaban J connectivity index is 1.88. The summed E-state index contributed by atoms with van der Waals surface area (Å²) >= 11 is 0. The molecule has 0 saturated heterocycles. The Labute approximate surface area is 164 Å². The van der Waals surface area contributed by atoms with Crippen molar-refractivity contribution in [1.29, 1.82) is 0 Å². The highest BCUT2D eigenvalue weighted by Crippen LogP contribution is 2.40. The van der Waals surface area contributed by atoms with Gasteiger partial charge in [0.1, 0.15) is 5.82 Å². The maximum Gasteiger partial charge on any atom is 0.229 e. The van der Waals surface area contributed by atoms with Gasteiger partial charge in [0.2, 0.25) is 11.7 Å². The summed E-state index contributed by atoms with van der Waals surface area (Å²) in [4.78, 5) is 9.02. The molecule has 2 N–H and O–H groups in total. The molecule has 0 radical (unpaired) electrons. The van der Waals surface area contributed by atoms with Gasteiger partial charge in [-0.15, -0.1) is 0 Å². The fourth-order valence-corrected chi connectivity index (χ4v) is 2.76. The number of aryl methyl sites for hydroxylation is 2. The second-order valence-electron chi connectivity index (χ2n) is 6.25. The number of nitrogens with one attached hydrogen (secondary N) is 2. The topological polar surface area (TPSA) is 77.5 Å². The lowest BCUT2D eigenvalue weighted by molar-refractivity contribution is 0.324. The molecule has 0 fully saturated rings. The number of rotatable bonds is 7.